The van der Waals surface area contributed by atoms with Crippen molar-refractivity contribution >= 4 is 56.7 Å². The van der Waals surface area contributed by atoms with E-state index in [0.29, 0.717) is 22.6 Å². The Morgan fingerprint density at radius 2 is 1.47 bits per heavy atom. The van der Waals surface area contributed by atoms with Gasteiger partial charge in [-0.05, 0) is 90.3 Å². The molecule has 0 atom stereocenters. The van der Waals surface area contributed by atoms with Crippen molar-refractivity contribution in [3.63, 3.8) is 0 Å². The van der Waals surface area contributed by atoms with Crippen molar-refractivity contribution in [2.45, 2.75) is 33.1 Å². The van der Waals surface area contributed by atoms with Crippen LogP contribution in [0.25, 0.3) is 0 Å². The van der Waals surface area contributed by atoms with Gasteiger partial charge in [-0.3, -0.25) is 30.6 Å². The molecule has 0 spiro atoms. The molecule has 0 radical (unpaired) electrons. The molecule has 0 bridgehead atoms. The Balaban J connectivity index is 1.44. The Morgan fingerprint density at radius 3 is 2.08 bits per heavy atom. The fraction of sp³-hybridized carbons (Fsp3) is 0.214. The number of carbonyl (C=O) groups is 3. The van der Waals surface area contributed by atoms with Crippen molar-refractivity contribution in [3.8, 4) is 5.75 Å². The molecule has 3 amide bonds. The van der Waals surface area contributed by atoms with Crippen LogP contribution in [0, 0.1) is 6.92 Å². The van der Waals surface area contributed by atoms with Crippen LogP contribution < -0.4 is 26.2 Å². The Bertz CT molecular complexity index is 1340. The first-order valence-corrected chi connectivity index (χ1v) is 12.9. The Labute approximate surface area is 235 Å². The SMILES string of the molecule is Cc1cc(Br)ccc1OCC(=O)NC(=S)NNC(=O)c1ccc(NC(=O)c2ccc(C(C)(C)C)cc2)cc1. The number of benzene rings is 3. The molecule has 0 aliphatic carbocycles. The van der Waals surface area contributed by atoms with Crippen LogP contribution in [0.3, 0.4) is 0 Å². The third-order valence-corrected chi connectivity index (χ3v) is 6.15. The highest BCUT2D eigenvalue weighted by Crippen LogP contribution is 2.23. The number of aryl methyl sites for hydroxylation is 1. The Hall–Kier alpha value is -3.76. The van der Waals surface area contributed by atoms with Gasteiger partial charge in [-0.1, -0.05) is 48.8 Å². The van der Waals surface area contributed by atoms with Gasteiger partial charge < -0.3 is 10.1 Å². The predicted molar refractivity (Wildman–Crippen MR) is 155 cm³/mol. The molecule has 4 N–H and O–H groups in total. The van der Waals surface area contributed by atoms with Gasteiger partial charge in [0.05, 0.1) is 0 Å². The van der Waals surface area contributed by atoms with E-state index in [9.17, 15) is 14.4 Å². The second-order valence-electron chi connectivity index (χ2n) is 9.51. The Morgan fingerprint density at radius 1 is 0.868 bits per heavy atom. The smallest absolute Gasteiger partial charge is 0.269 e. The van der Waals surface area contributed by atoms with Gasteiger partial charge in [0.1, 0.15) is 5.75 Å². The maximum atomic E-state index is 12.6. The summed E-state index contributed by atoms with van der Waals surface area (Å²) in [7, 11) is 0. The number of amides is 3. The van der Waals surface area contributed by atoms with Crippen molar-refractivity contribution in [1.82, 2.24) is 16.2 Å². The highest BCUT2D eigenvalue weighted by atomic mass is 79.9. The third-order valence-electron chi connectivity index (χ3n) is 5.46. The molecule has 0 heterocycles. The zero-order valence-electron chi connectivity index (χ0n) is 21.5. The normalized spacial score (nSPS) is 10.8. The molecule has 0 saturated carbocycles. The molecule has 0 aliphatic heterocycles. The van der Waals surface area contributed by atoms with Gasteiger partial charge in [-0.2, -0.15) is 0 Å². The highest BCUT2D eigenvalue weighted by Gasteiger charge is 2.15. The van der Waals surface area contributed by atoms with Gasteiger partial charge in [-0.15, -0.1) is 0 Å². The molecule has 38 heavy (non-hydrogen) atoms. The van der Waals surface area contributed by atoms with Crippen molar-refractivity contribution in [2.75, 3.05) is 11.9 Å². The summed E-state index contributed by atoms with van der Waals surface area (Å²) >= 11 is 8.42. The average molecular weight is 598 g/mol. The van der Waals surface area contributed by atoms with Crippen LogP contribution in [0.2, 0.25) is 0 Å². The third kappa shape index (κ3) is 8.39. The quantitative estimate of drug-likeness (QED) is 0.235. The van der Waals surface area contributed by atoms with E-state index in [2.05, 4.69) is 58.2 Å². The number of carbonyl (C=O) groups excluding carboxylic acids is 3. The minimum Gasteiger partial charge on any atom is -0.483 e. The summed E-state index contributed by atoms with van der Waals surface area (Å²) in [6, 6.07) is 19.3. The van der Waals surface area contributed by atoms with E-state index >= 15 is 0 Å². The standard InChI is InChI=1S/C28H29BrN4O4S/c1-17-15-21(29)11-14-23(17)37-16-24(34)31-27(38)33-32-26(36)19-7-12-22(13-8-19)30-25(35)18-5-9-20(10-6-18)28(2,3)4/h5-15H,16H2,1-4H3,(H,30,35)(H,32,36)(H2,31,33,34,38). The maximum Gasteiger partial charge on any atom is 0.269 e. The largest absolute Gasteiger partial charge is 0.483 e. The lowest BCUT2D eigenvalue weighted by Crippen LogP contribution is -2.49. The van der Waals surface area contributed by atoms with Crippen molar-refractivity contribution in [1.29, 1.82) is 0 Å². The number of hydrogen-bond donors (Lipinski definition) is 4. The van der Waals surface area contributed by atoms with Crippen LogP contribution in [-0.2, 0) is 10.2 Å². The van der Waals surface area contributed by atoms with Crippen molar-refractivity contribution < 1.29 is 19.1 Å². The molecule has 0 fully saturated rings. The lowest BCUT2D eigenvalue weighted by atomic mass is 9.87. The first-order valence-electron chi connectivity index (χ1n) is 11.7. The van der Waals surface area contributed by atoms with E-state index in [4.69, 9.17) is 17.0 Å². The van der Waals surface area contributed by atoms with Crippen LogP contribution in [0.15, 0.2) is 71.2 Å². The minimum absolute atomic E-state index is 0.00356. The van der Waals surface area contributed by atoms with Gasteiger partial charge in [0, 0.05) is 21.3 Å². The number of hydrazine groups is 1. The zero-order chi connectivity index (χ0) is 27.9. The van der Waals surface area contributed by atoms with E-state index in [1.807, 2.05) is 31.2 Å². The molecule has 0 aliphatic rings. The van der Waals surface area contributed by atoms with Crippen LogP contribution >= 0.6 is 28.1 Å². The van der Waals surface area contributed by atoms with E-state index in [1.165, 1.54) is 0 Å². The van der Waals surface area contributed by atoms with Crippen molar-refractivity contribution in [2.24, 2.45) is 0 Å². The van der Waals surface area contributed by atoms with Gasteiger partial charge in [0.25, 0.3) is 17.7 Å². The predicted octanol–water partition coefficient (Wildman–Crippen LogP) is 5.02. The lowest BCUT2D eigenvalue weighted by Gasteiger charge is -2.19. The summed E-state index contributed by atoms with van der Waals surface area (Å²) in [5.41, 5.74) is 8.33. The average Bonchev–Trinajstić information content (AvgIpc) is 2.86. The number of nitrogens with one attached hydrogen (secondary N) is 4. The topological polar surface area (TPSA) is 109 Å². The molecule has 3 rings (SSSR count). The fourth-order valence-electron chi connectivity index (χ4n) is 3.33. The van der Waals surface area contributed by atoms with Crippen LogP contribution in [0.1, 0.15) is 52.6 Å². The molecule has 10 heteroatoms. The molecule has 198 valence electrons. The number of anilines is 1. The summed E-state index contributed by atoms with van der Waals surface area (Å²) in [4.78, 5) is 37.1. The number of thiocarbonyl (C=S) groups is 1. The first kappa shape index (κ1) is 28.8. The molecular formula is C28H29BrN4O4S. The highest BCUT2D eigenvalue weighted by molar-refractivity contribution is 9.10. The van der Waals surface area contributed by atoms with E-state index < -0.39 is 11.8 Å². The van der Waals surface area contributed by atoms with Gasteiger partial charge in [-0.25, -0.2) is 0 Å². The summed E-state index contributed by atoms with van der Waals surface area (Å²) in [6.45, 7) is 7.96. The van der Waals surface area contributed by atoms with E-state index in [0.717, 1.165) is 15.6 Å². The monoisotopic (exact) mass is 596 g/mol. The fourth-order valence-corrected chi connectivity index (χ4v) is 3.97. The summed E-state index contributed by atoms with van der Waals surface area (Å²) in [6.07, 6.45) is 0. The number of ether oxygens (including phenoxy) is 1. The van der Waals surface area contributed by atoms with Gasteiger partial charge in [0.2, 0.25) is 0 Å². The Kier molecular flexibility index (Phi) is 9.60. The second-order valence-corrected chi connectivity index (χ2v) is 10.8. The van der Waals surface area contributed by atoms with Crippen LogP contribution in [0.5, 0.6) is 5.75 Å². The number of halogens is 1. The second kappa shape index (κ2) is 12.7. The minimum atomic E-state index is -0.479. The molecule has 0 saturated heterocycles. The van der Waals surface area contributed by atoms with E-state index in [1.54, 1.807) is 42.5 Å². The zero-order valence-corrected chi connectivity index (χ0v) is 23.9. The molecular weight excluding hydrogens is 568 g/mol. The van der Waals surface area contributed by atoms with Crippen LogP contribution in [-0.4, -0.2) is 29.4 Å². The summed E-state index contributed by atoms with van der Waals surface area (Å²) in [5.74, 6) is -0.621. The summed E-state index contributed by atoms with van der Waals surface area (Å²) in [5, 5.41) is 5.16. The van der Waals surface area contributed by atoms with Crippen LogP contribution in [0.4, 0.5) is 5.69 Å². The molecule has 3 aromatic carbocycles. The lowest BCUT2D eigenvalue weighted by molar-refractivity contribution is -0.121. The maximum absolute atomic E-state index is 12.6. The number of hydrogen-bond acceptors (Lipinski definition) is 5. The van der Waals surface area contributed by atoms with Gasteiger partial charge in [0.15, 0.2) is 11.7 Å². The number of rotatable bonds is 6. The molecule has 0 unspecified atom stereocenters. The van der Waals surface area contributed by atoms with Crippen molar-refractivity contribution in [3.05, 3.63) is 93.5 Å². The molecule has 3 aromatic rings. The molecule has 8 nitrogen and oxygen atoms in total. The van der Waals surface area contributed by atoms with E-state index in [-0.39, 0.29) is 23.0 Å². The molecule has 0 aromatic heterocycles. The first-order chi connectivity index (χ1) is 17.9. The summed E-state index contributed by atoms with van der Waals surface area (Å²) < 4.78 is 6.41. The van der Waals surface area contributed by atoms with Gasteiger partial charge >= 0.3 is 0 Å².